The second-order valence-electron chi connectivity index (χ2n) is 6.12. The van der Waals surface area contributed by atoms with Crippen molar-refractivity contribution in [1.82, 2.24) is 4.31 Å². The van der Waals surface area contributed by atoms with E-state index in [9.17, 15) is 17.6 Å². The fourth-order valence-electron chi connectivity index (χ4n) is 2.71. The quantitative estimate of drug-likeness (QED) is 0.894. The number of nitrogens with zero attached hydrogens (tertiary/aromatic N) is 1. The highest BCUT2D eigenvalue weighted by Gasteiger charge is 2.27. The number of amides is 1. The molecule has 0 unspecified atom stereocenters. The number of carbonyl (C=O) groups is 1. The van der Waals surface area contributed by atoms with Crippen LogP contribution in [0.1, 0.15) is 12.0 Å². The average molecular weight is 374 g/mol. The van der Waals surface area contributed by atoms with Crippen molar-refractivity contribution in [3.05, 3.63) is 71.6 Å². The molecule has 2 aromatic rings. The number of nitrogens with one attached hydrogen (secondary N) is 1. The van der Waals surface area contributed by atoms with Gasteiger partial charge in [-0.25, -0.2) is 12.8 Å². The van der Waals surface area contributed by atoms with Crippen molar-refractivity contribution in [3.8, 4) is 0 Å². The first-order valence-electron chi connectivity index (χ1n) is 8.19. The van der Waals surface area contributed by atoms with Gasteiger partial charge in [0.2, 0.25) is 10.0 Å². The lowest BCUT2D eigenvalue weighted by molar-refractivity contribution is -0.113. The maximum Gasteiger partial charge on any atom is 0.251 e. The Bertz CT molecular complexity index is 953. The molecule has 1 aliphatic heterocycles. The van der Waals surface area contributed by atoms with Crippen molar-refractivity contribution in [1.29, 1.82) is 0 Å². The van der Waals surface area contributed by atoms with Crippen LogP contribution in [0.2, 0.25) is 0 Å². The van der Waals surface area contributed by atoms with E-state index in [4.69, 9.17) is 0 Å². The number of rotatable bonds is 4. The van der Waals surface area contributed by atoms with E-state index in [1.165, 1.54) is 22.5 Å². The van der Waals surface area contributed by atoms with Gasteiger partial charge in [-0.3, -0.25) is 4.79 Å². The van der Waals surface area contributed by atoms with Gasteiger partial charge in [-0.05, 0) is 43.7 Å². The fourth-order valence-corrected chi connectivity index (χ4v) is 4.09. The third kappa shape index (κ3) is 4.00. The lowest BCUT2D eigenvalue weighted by Crippen LogP contribution is -2.36. The van der Waals surface area contributed by atoms with E-state index >= 15 is 0 Å². The molecule has 0 fully saturated rings. The molecule has 0 spiro atoms. The van der Waals surface area contributed by atoms with Gasteiger partial charge in [-0.15, -0.1) is 0 Å². The number of halogens is 1. The van der Waals surface area contributed by atoms with Crippen molar-refractivity contribution in [2.75, 3.05) is 18.4 Å². The summed E-state index contributed by atoms with van der Waals surface area (Å²) in [6.45, 7) is 2.24. The van der Waals surface area contributed by atoms with E-state index in [-0.39, 0.29) is 23.9 Å². The van der Waals surface area contributed by atoms with Gasteiger partial charge in [-0.1, -0.05) is 29.8 Å². The molecule has 1 N–H and O–H groups in total. The van der Waals surface area contributed by atoms with Crippen LogP contribution in [0.3, 0.4) is 0 Å². The van der Waals surface area contributed by atoms with Gasteiger partial charge in [0.05, 0.1) is 4.90 Å². The largest absolute Gasteiger partial charge is 0.322 e. The van der Waals surface area contributed by atoms with Crippen LogP contribution in [0.5, 0.6) is 0 Å². The molecule has 0 aliphatic carbocycles. The second-order valence-corrected chi connectivity index (χ2v) is 8.06. The van der Waals surface area contributed by atoms with E-state index in [1.807, 2.05) is 6.92 Å². The number of hydrogen-bond donors (Lipinski definition) is 1. The Morgan fingerprint density at radius 3 is 2.50 bits per heavy atom. The van der Waals surface area contributed by atoms with Crippen molar-refractivity contribution in [3.63, 3.8) is 0 Å². The molecule has 0 bridgehead atoms. The molecule has 2 aromatic carbocycles. The Labute approximate surface area is 152 Å². The summed E-state index contributed by atoms with van der Waals surface area (Å²) in [6, 6.07) is 12.3. The molecule has 0 saturated carbocycles. The Morgan fingerprint density at radius 2 is 1.88 bits per heavy atom. The zero-order valence-electron chi connectivity index (χ0n) is 14.3. The lowest BCUT2D eigenvalue weighted by atomic mass is 10.1. The Kier molecular flexibility index (Phi) is 5.20. The van der Waals surface area contributed by atoms with Crippen LogP contribution >= 0.6 is 0 Å². The number of hydrogen-bond acceptors (Lipinski definition) is 3. The summed E-state index contributed by atoms with van der Waals surface area (Å²) < 4.78 is 39.8. The first kappa shape index (κ1) is 18.3. The summed E-state index contributed by atoms with van der Waals surface area (Å²) in [6.07, 6.45) is 1.90. The minimum Gasteiger partial charge on any atom is -0.322 e. The Hall–Kier alpha value is -2.51. The molecule has 1 heterocycles. The van der Waals surface area contributed by atoms with Crippen molar-refractivity contribution in [2.45, 2.75) is 18.2 Å². The summed E-state index contributed by atoms with van der Waals surface area (Å²) in [5.74, 6) is -0.779. The van der Waals surface area contributed by atoms with Crippen molar-refractivity contribution < 1.29 is 17.6 Å². The van der Waals surface area contributed by atoms with Crippen LogP contribution in [0, 0.1) is 12.7 Å². The van der Waals surface area contributed by atoms with Crippen LogP contribution in [-0.2, 0) is 14.8 Å². The van der Waals surface area contributed by atoms with E-state index in [0.29, 0.717) is 17.7 Å². The molecule has 3 rings (SSSR count). The van der Waals surface area contributed by atoms with E-state index in [1.54, 1.807) is 36.4 Å². The number of sulfonamides is 1. The lowest BCUT2D eigenvalue weighted by Gasteiger charge is -2.25. The molecule has 0 saturated heterocycles. The second kappa shape index (κ2) is 7.39. The molecule has 0 atom stereocenters. The normalized spacial score (nSPS) is 15.4. The third-order valence-electron chi connectivity index (χ3n) is 4.20. The molecule has 0 aromatic heterocycles. The van der Waals surface area contributed by atoms with Crippen LogP contribution in [0.4, 0.5) is 10.1 Å². The number of anilines is 1. The van der Waals surface area contributed by atoms with Gasteiger partial charge in [0.1, 0.15) is 5.82 Å². The minimum atomic E-state index is -3.58. The van der Waals surface area contributed by atoms with Crippen LogP contribution in [0.15, 0.2) is 65.1 Å². The summed E-state index contributed by atoms with van der Waals surface area (Å²) in [5, 5.41) is 2.63. The molecule has 0 radical (unpaired) electrons. The SMILES string of the molecule is Cc1ccc(S(=O)(=O)N2CC=C(C(=O)Nc3cccc(F)c3)CC2)cc1. The van der Waals surface area contributed by atoms with Crippen LogP contribution in [-0.4, -0.2) is 31.7 Å². The van der Waals surface area contributed by atoms with E-state index in [0.717, 1.165) is 5.56 Å². The maximum atomic E-state index is 13.2. The smallest absolute Gasteiger partial charge is 0.251 e. The summed E-state index contributed by atoms with van der Waals surface area (Å²) in [7, 11) is -3.58. The highest BCUT2D eigenvalue weighted by molar-refractivity contribution is 7.89. The van der Waals surface area contributed by atoms with Gasteiger partial charge in [-0.2, -0.15) is 4.31 Å². The zero-order valence-corrected chi connectivity index (χ0v) is 15.1. The molecular formula is C19H19FN2O3S. The Morgan fingerprint density at radius 1 is 1.15 bits per heavy atom. The number of benzene rings is 2. The molecule has 7 heteroatoms. The molecule has 26 heavy (non-hydrogen) atoms. The van der Waals surface area contributed by atoms with Crippen molar-refractivity contribution >= 4 is 21.6 Å². The van der Waals surface area contributed by atoms with E-state index < -0.39 is 15.8 Å². The molecule has 5 nitrogen and oxygen atoms in total. The summed E-state index contributed by atoms with van der Waals surface area (Å²) >= 11 is 0. The van der Waals surface area contributed by atoms with Gasteiger partial charge in [0, 0.05) is 24.4 Å². The monoisotopic (exact) mass is 374 g/mol. The molecule has 136 valence electrons. The van der Waals surface area contributed by atoms with Gasteiger partial charge in [0.15, 0.2) is 0 Å². The number of carbonyl (C=O) groups excluding carboxylic acids is 1. The summed E-state index contributed by atoms with van der Waals surface area (Å²) in [4.78, 5) is 12.5. The molecule has 1 amide bonds. The molecular weight excluding hydrogens is 355 g/mol. The predicted molar refractivity (Wildman–Crippen MR) is 97.7 cm³/mol. The van der Waals surface area contributed by atoms with Gasteiger partial charge < -0.3 is 5.32 Å². The Balaban J connectivity index is 1.69. The van der Waals surface area contributed by atoms with Gasteiger partial charge in [0.25, 0.3) is 5.91 Å². The van der Waals surface area contributed by atoms with Crippen molar-refractivity contribution in [2.24, 2.45) is 0 Å². The maximum absolute atomic E-state index is 13.2. The molecule has 1 aliphatic rings. The predicted octanol–water partition coefficient (Wildman–Crippen LogP) is 3.09. The van der Waals surface area contributed by atoms with Gasteiger partial charge >= 0.3 is 0 Å². The highest BCUT2D eigenvalue weighted by atomic mass is 32.2. The first-order valence-corrected chi connectivity index (χ1v) is 9.63. The topological polar surface area (TPSA) is 66.5 Å². The van der Waals surface area contributed by atoms with Crippen LogP contribution in [0.25, 0.3) is 0 Å². The van der Waals surface area contributed by atoms with E-state index in [2.05, 4.69) is 5.32 Å². The standard InChI is InChI=1S/C19H19FN2O3S/c1-14-5-7-18(8-6-14)26(24,25)22-11-9-15(10-12-22)19(23)21-17-4-2-3-16(20)13-17/h2-9,13H,10-12H2,1H3,(H,21,23). The minimum absolute atomic E-state index is 0.127. The third-order valence-corrected chi connectivity index (χ3v) is 6.08. The first-order chi connectivity index (χ1) is 12.4. The van der Waals surface area contributed by atoms with Crippen LogP contribution < -0.4 is 5.32 Å². The fraction of sp³-hybridized carbons (Fsp3) is 0.211. The zero-order chi connectivity index (χ0) is 18.7. The highest BCUT2D eigenvalue weighted by Crippen LogP contribution is 2.22. The number of aryl methyl sites for hydroxylation is 1. The summed E-state index contributed by atoms with van der Waals surface area (Å²) in [5.41, 5.74) is 1.84. The average Bonchev–Trinajstić information content (AvgIpc) is 2.62.